The Morgan fingerprint density at radius 3 is 2.70 bits per heavy atom. The Labute approximate surface area is 124 Å². The number of rotatable bonds is 2. The first-order valence-corrected chi connectivity index (χ1v) is 7.20. The summed E-state index contributed by atoms with van der Waals surface area (Å²) in [6.45, 7) is 1.81. The van der Waals surface area contributed by atoms with E-state index in [1.165, 1.54) is 4.68 Å². The van der Waals surface area contributed by atoms with Gasteiger partial charge in [-0.05, 0) is 31.0 Å². The summed E-state index contributed by atoms with van der Waals surface area (Å²) in [5, 5.41) is 7.45. The number of aromatic nitrogens is 2. The van der Waals surface area contributed by atoms with Crippen molar-refractivity contribution in [2.24, 2.45) is 0 Å². The Bertz CT molecular complexity index is 609. The zero-order valence-corrected chi connectivity index (χ0v) is 12.4. The minimum atomic E-state index is -2.42. The van der Waals surface area contributed by atoms with Gasteiger partial charge >= 0.3 is 0 Å². The molecule has 0 amide bonds. The second-order valence-corrected chi connectivity index (χ2v) is 5.92. The van der Waals surface area contributed by atoms with E-state index < -0.39 is 12.5 Å². The number of alkyl halides is 2. The number of aryl methyl sites for hydroxylation is 1. The topological polar surface area (TPSA) is 29.9 Å². The Morgan fingerprint density at radius 1 is 1.35 bits per heavy atom. The van der Waals surface area contributed by atoms with Crippen LogP contribution in [0.2, 0.25) is 0 Å². The number of benzene rings is 1. The number of fused-ring (bicyclic) bond motifs is 1. The van der Waals surface area contributed by atoms with Crippen LogP contribution in [0, 0.1) is 6.92 Å². The molecule has 6 heteroatoms. The summed E-state index contributed by atoms with van der Waals surface area (Å²) in [5.74, 6) is 0.659. The molecule has 1 aliphatic rings. The molecule has 1 aromatic carbocycles. The van der Waals surface area contributed by atoms with Gasteiger partial charge in [0.1, 0.15) is 11.9 Å². The number of hydrogen-bond donors (Lipinski definition) is 1. The number of nitrogens with zero attached hydrogens (tertiary/aromatic N) is 2. The normalized spacial score (nSPS) is 21.6. The highest BCUT2D eigenvalue weighted by Crippen LogP contribution is 2.38. The second-order valence-electron chi connectivity index (χ2n) is 5.00. The molecule has 0 bridgehead atoms. The molecule has 0 saturated carbocycles. The molecule has 2 aromatic rings. The van der Waals surface area contributed by atoms with Gasteiger partial charge in [-0.1, -0.05) is 28.1 Å². The average Bonchev–Trinajstić information content (AvgIpc) is 2.78. The van der Waals surface area contributed by atoms with Crippen molar-refractivity contribution < 1.29 is 8.78 Å². The maximum atomic E-state index is 13.3. The molecule has 20 heavy (non-hydrogen) atoms. The van der Waals surface area contributed by atoms with Gasteiger partial charge < -0.3 is 5.32 Å². The standard InChI is InChI=1S/C14H14BrF2N3/c1-8-6-13-18-11(9-2-4-10(15)5-3-9)7-12(14(16)17)20(13)19-8/h2-6,11-12,14,18H,7H2,1H3/t11-,12+/m0/s1. The van der Waals surface area contributed by atoms with Gasteiger partial charge in [0.15, 0.2) is 0 Å². The Hall–Kier alpha value is -1.43. The van der Waals surface area contributed by atoms with Crippen molar-refractivity contribution in [3.8, 4) is 0 Å². The second kappa shape index (κ2) is 5.16. The molecular formula is C14H14BrF2N3. The molecule has 106 valence electrons. The van der Waals surface area contributed by atoms with Crippen LogP contribution in [0.25, 0.3) is 0 Å². The van der Waals surface area contributed by atoms with E-state index in [1.807, 2.05) is 31.2 Å². The Balaban J connectivity index is 1.95. The van der Waals surface area contributed by atoms with E-state index in [4.69, 9.17) is 0 Å². The van der Waals surface area contributed by atoms with Crippen molar-refractivity contribution in [1.82, 2.24) is 9.78 Å². The molecule has 3 rings (SSSR count). The SMILES string of the molecule is Cc1cc2n(n1)[C@@H](C(F)F)C[C@@H](c1ccc(Br)cc1)N2. The monoisotopic (exact) mass is 341 g/mol. The lowest BCUT2D eigenvalue weighted by molar-refractivity contribution is 0.0657. The Kier molecular flexibility index (Phi) is 3.50. The van der Waals surface area contributed by atoms with Gasteiger partial charge in [-0.15, -0.1) is 0 Å². The van der Waals surface area contributed by atoms with Crippen molar-refractivity contribution in [3.05, 3.63) is 46.1 Å². The van der Waals surface area contributed by atoms with Crippen molar-refractivity contribution in [2.75, 3.05) is 5.32 Å². The van der Waals surface area contributed by atoms with E-state index >= 15 is 0 Å². The zero-order valence-electron chi connectivity index (χ0n) is 10.9. The first-order valence-electron chi connectivity index (χ1n) is 6.41. The summed E-state index contributed by atoms with van der Waals surface area (Å²) in [6, 6.07) is 8.54. The molecule has 1 N–H and O–H groups in total. The van der Waals surface area contributed by atoms with Crippen molar-refractivity contribution in [1.29, 1.82) is 0 Å². The van der Waals surface area contributed by atoms with Crippen LogP contribution in [0.4, 0.5) is 14.6 Å². The quantitative estimate of drug-likeness (QED) is 0.881. The van der Waals surface area contributed by atoms with E-state index in [9.17, 15) is 8.78 Å². The highest BCUT2D eigenvalue weighted by Gasteiger charge is 2.34. The molecule has 0 aliphatic carbocycles. The minimum Gasteiger partial charge on any atom is -0.363 e. The molecule has 2 atom stereocenters. The third kappa shape index (κ3) is 2.44. The molecule has 2 heterocycles. The summed E-state index contributed by atoms with van der Waals surface area (Å²) < 4.78 is 28.9. The molecule has 0 radical (unpaired) electrons. The third-order valence-corrected chi connectivity index (χ3v) is 4.06. The minimum absolute atomic E-state index is 0.120. The predicted molar refractivity (Wildman–Crippen MR) is 77.1 cm³/mol. The van der Waals surface area contributed by atoms with Gasteiger partial charge in [-0.3, -0.25) is 0 Å². The fourth-order valence-electron chi connectivity index (χ4n) is 2.58. The number of anilines is 1. The molecule has 0 unspecified atom stereocenters. The number of hydrogen-bond acceptors (Lipinski definition) is 2. The predicted octanol–water partition coefficient (Wildman–Crippen LogP) is 4.32. The van der Waals surface area contributed by atoms with Gasteiger partial charge in [-0.2, -0.15) is 5.10 Å². The molecule has 3 nitrogen and oxygen atoms in total. The van der Waals surface area contributed by atoms with E-state index in [0.29, 0.717) is 12.2 Å². The molecule has 0 saturated heterocycles. The van der Waals surface area contributed by atoms with Gasteiger partial charge in [-0.25, -0.2) is 13.5 Å². The molecule has 1 aliphatic heterocycles. The smallest absolute Gasteiger partial charge is 0.260 e. The van der Waals surface area contributed by atoms with Crippen LogP contribution >= 0.6 is 15.9 Å². The fourth-order valence-corrected chi connectivity index (χ4v) is 2.84. The molecule has 0 spiro atoms. The van der Waals surface area contributed by atoms with Crippen LogP contribution in [0.3, 0.4) is 0 Å². The van der Waals surface area contributed by atoms with Gasteiger partial charge in [0.25, 0.3) is 6.43 Å². The average molecular weight is 342 g/mol. The summed E-state index contributed by atoms with van der Waals surface area (Å²) in [4.78, 5) is 0. The van der Waals surface area contributed by atoms with Crippen LogP contribution in [0.15, 0.2) is 34.8 Å². The molecule has 0 fully saturated rings. The van der Waals surface area contributed by atoms with E-state index in [2.05, 4.69) is 26.3 Å². The first kappa shape index (κ1) is 13.5. The summed E-state index contributed by atoms with van der Waals surface area (Å²) in [6.07, 6.45) is -2.10. The first-order chi connectivity index (χ1) is 9.54. The van der Waals surface area contributed by atoms with Crippen LogP contribution in [0.5, 0.6) is 0 Å². The van der Waals surface area contributed by atoms with Crippen molar-refractivity contribution in [2.45, 2.75) is 31.9 Å². The molecular weight excluding hydrogens is 328 g/mol. The summed E-state index contributed by atoms with van der Waals surface area (Å²) in [7, 11) is 0. The van der Waals surface area contributed by atoms with Crippen LogP contribution < -0.4 is 5.32 Å². The maximum absolute atomic E-state index is 13.3. The fraction of sp³-hybridized carbons (Fsp3) is 0.357. The van der Waals surface area contributed by atoms with E-state index in [0.717, 1.165) is 15.7 Å². The number of nitrogens with one attached hydrogen (secondary N) is 1. The lowest BCUT2D eigenvalue weighted by Gasteiger charge is -2.32. The Morgan fingerprint density at radius 2 is 2.05 bits per heavy atom. The maximum Gasteiger partial charge on any atom is 0.260 e. The lowest BCUT2D eigenvalue weighted by atomic mass is 9.97. The van der Waals surface area contributed by atoms with Crippen LogP contribution in [0.1, 0.15) is 29.8 Å². The van der Waals surface area contributed by atoms with Crippen molar-refractivity contribution in [3.63, 3.8) is 0 Å². The highest BCUT2D eigenvalue weighted by molar-refractivity contribution is 9.10. The summed E-state index contributed by atoms with van der Waals surface area (Å²) >= 11 is 3.38. The third-order valence-electron chi connectivity index (χ3n) is 3.53. The molecule has 1 aromatic heterocycles. The lowest BCUT2D eigenvalue weighted by Crippen LogP contribution is -2.30. The van der Waals surface area contributed by atoms with Crippen molar-refractivity contribution >= 4 is 21.7 Å². The van der Waals surface area contributed by atoms with Gasteiger partial charge in [0, 0.05) is 10.5 Å². The van der Waals surface area contributed by atoms with Gasteiger partial charge in [0.05, 0.1) is 11.7 Å². The highest BCUT2D eigenvalue weighted by atomic mass is 79.9. The zero-order chi connectivity index (χ0) is 14.3. The largest absolute Gasteiger partial charge is 0.363 e. The summed E-state index contributed by atoms with van der Waals surface area (Å²) in [5.41, 5.74) is 1.75. The van der Waals surface area contributed by atoms with Crippen LogP contribution in [-0.2, 0) is 0 Å². The van der Waals surface area contributed by atoms with Gasteiger partial charge in [0.2, 0.25) is 0 Å². The van der Waals surface area contributed by atoms with E-state index in [1.54, 1.807) is 6.07 Å². The number of halogens is 3. The van der Waals surface area contributed by atoms with E-state index in [-0.39, 0.29) is 6.04 Å². The van der Waals surface area contributed by atoms with Crippen LogP contribution in [-0.4, -0.2) is 16.2 Å².